The van der Waals surface area contributed by atoms with E-state index in [9.17, 15) is 9.59 Å². The molecule has 3 saturated carbocycles. The van der Waals surface area contributed by atoms with Gasteiger partial charge in [0, 0.05) is 19.4 Å². The molecule has 8 nitrogen and oxygen atoms in total. The largest absolute Gasteiger partial charge is 0.469 e. The van der Waals surface area contributed by atoms with Gasteiger partial charge < -0.3 is 28.1 Å². The van der Waals surface area contributed by atoms with E-state index in [4.69, 9.17) is 23.2 Å². The molecule has 35 heavy (non-hydrogen) atoms. The fourth-order valence-electron chi connectivity index (χ4n) is 5.97. The van der Waals surface area contributed by atoms with Crippen LogP contribution in [0.1, 0.15) is 60.8 Å². The van der Waals surface area contributed by atoms with Crippen LogP contribution in [0.25, 0.3) is 0 Å². The molecule has 5 atom stereocenters. The van der Waals surface area contributed by atoms with E-state index in [1.165, 1.54) is 20.6 Å². The first-order chi connectivity index (χ1) is 16.0. The van der Waals surface area contributed by atoms with Crippen LogP contribution in [0.4, 0.5) is 4.79 Å². The lowest BCUT2D eigenvalue weighted by molar-refractivity contribution is -0.199. The number of carbonyl (C=O) groups is 2. The molecule has 1 amide bonds. The van der Waals surface area contributed by atoms with Crippen LogP contribution in [0, 0.1) is 17.3 Å². The summed E-state index contributed by atoms with van der Waals surface area (Å²) in [5.74, 6) is 0.813. The molecular formula is C25H46BNO7Si. The third-order valence-corrected chi connectivity index (χ3v) is 13.9. The number of rotatable bonds is 9. The molecule has 2 bridgehead atoms. The summed E-state index contributed by atoms with van der Waals surface area (Å²) < 4.78 is 29.4. The lowest BCUT2D eigenvalue weighted by atomic mass is 9.43. The molecule has 10 heteroatoms. The fourth-order valence-corrected chi connectivity index (χ4v) is 7.32. The number of ether oxygens (including phenoxy) is 2. The highest BCUT2D eigenvalue weighted by Crippen LogP contribution is 2.65. The molecular weight excluding hydrogens is 465 g/mol. The minimum atomic E-state index is -2.19. The SMILES string of the molecule is COC(=O)CC(CN(CCB1O[C@@H]2C[C@@H]3C[C@@H](C3(C)C)[C@]2(C)O1)C(=O)OC)O[Si](C)(C)C(C)(C)C. The number of carbonyl (C=O) groups excluding carboxylic acids is 2. The predicted molar refractivity (Wildman–Crippen MR) is 138 cm³/mol. The van der Waals surface area contributed by atoms with E-state index in [2.05, 4.69) is 54.6 Å². The molecule has 1 aliphatic heterocycles. The second kappa shape index (κ2) is 9.99. The first kappa shape index (κ1) is 28.5. The molecule has 0 radical (unpaired) electrons. The molecule has 0 aromatic rings. The average molecular weight is 512 g/mol. The quantitative estimate of drug-likeness (QED) is 0.327. The standard InChI is InChI=1S/C25H46BNO7Si/c1-23(2,3)35(9,10)33-18(15-21(28)30-7)16-27(22(29)31-8)12-11-26-32-20-14-17-13-19(24(17,4)5)25(20,6)34-26/h17-20H,11-16H2,1-10H3/t17-,18?,19-,20+,25-/m0/s1. The summed E-state index contributed by atoms with van der Waals surface area (Å²) in [4.78, 5) is 26.4. The Morgan fingerprint density at radius 3 is 2.34 bits per heavy atom. The third-order valence-electron chi connectivity index (χ3n) is 9.38. The highest BCUT2D eigenvalue weighted by molar-refractivity contribution is 6.74. The van der Waals surface area contributed by atoms with Crippen molar-refractivity contribution in [2.45, 2.75) is 103 Å². The molecule has 0 aromatic heterocycles. The Kier molecular flexibility index (Phi) is 8.13. The third kappa shape index (κ3) is 5.60. The van der Waals surface area contributed by atoms with Gasteiger partial charge in [-0.1, -0.05) is 34.6 Å². The van der Waals surface area contributed by atoms with Crippen molar-refractivity contribution in [3.05, 3.63) is 0 Å². The Labute approximate surface area is 213 Å². The minimum Gasteiger partial charge on any atom is -0.469 e. The van der Waals surface area contributed by atoms with Gasteiger partial charge in [-0.25, -0.2) is 4.79 Å². The maximum Gasteiger partial charge on any atom is 0.459 e. The number of hydrogen-bond donors (Lipinski definition) is 0. The van der Waals surface area contributed by atoms with Gasteiger partial charge in [0.1, 0.15) is 0 Å². The van der Waals surface area contributed by atoms with Crippen molar-refractivity contribution >= 4 is 27.5 Å². The first-order valence-corrected chi connectivity index (χ1v) is 15.9. The van der Waals surface area contributed by atoms with E-state index in [-0.39, 0.29) is 48.2 Å². The van der Waals surface area contributed by atoms with Crippen LogP contribution in [0.5, 0.6) is 0 Å². The monoisotopic (exact) mass is 511 g/mol. The summed E-state index contributed by atoms with van der Waals surface area (Å²) >= 11 is 0. The van der Waals surface area contributed by atoms with Crippen LogP contribution in [0.15, 0.2) is 0 Å². The summed E-state index contributed by atoms with van der Waals surface area (Å²) in [5.41, 5.74) is 0.00161. The number of amides is 1. The Balaban J connectivity index is 1.67. The normalized spacial score (nSPS) is 30.2. The van der Waals surface area contributed by atoms with E-state index in [1.54, 1.807) is 4.90 Å². The molecule has 0 spiro atoms. The number of esters is 1. The molecule has 0 aromatic carbocycles. The van der Waals surface area contributed by atoms with E-state index in [1.807, 2.05) is 0 Å². The molecule has 1 heterocycles. The summed E-state index contributed by atoms with van der Waals surface area (Å²) in [6.07, 6.45) is 1.99. The Morgan fingerprint density at radius 2 is 1.80 bits per heavy atom. The van der Waals surface area contributed by atoms with Crippen LogP contribution in [0.2, 0.25) is 24.5 Å². The van der Waals surface area contributed by atoms with Crippen molar-refractivity contribution in [3.63, 3.8) is 0 Å². The molecule has 200 valence electrons. The summed E-state index contributed by atoms with van der Waals surface area (Å²) in [5, 5.41) is -0.0385. The van der Waals surface area contributed by atoms with Crippen LogP contribution in [-0.2, 0) is 28.0 Å². The maximum absolute atomic E-state index is 12.7. The van der Waals surface area contributed by atoms with E-state index in [0.717, 1.165) is 6.42 Å². The van der Waals surface area contributed by atoms with Gasteiger partial charge in [-0.2, -0.15) is 0 Å². The molecule has 0 N–H and O–H groups in total. The Bertz CT molecular complexity index is 801. The van der Waals surface area contributed by atoms with Crippen molar-refractivity contribution in [1.29, 1.82) is 0 Å². The molecule has 4 aliphatic rings. The van der Waals surface area contributed by atoms with Crippen LogP contribution in [0.3, 0.4) is 0 Å². The summed E-state index contributed by atoms with van der Waals surface area (Å²) in [6, 6.07) is 0. The highest BCUT2D eigenvalue weighted by atomic mass is 28.4. The van der Waals surface area contributed by atoms with Crippen LogP contribution >= 0.6 is 0 Å². The number of hydrogen-bond acceptors (Lipinski definition) is 7. The van der Waals surface area contributed by atoms with Crippen LogP contribution in [-0.4, -0.2) is 77.5 Å². The van der Waals surface area contributed by atoms with Crippen LogP contribution < -0.4 is 0 Å². The summed E-state index contributed by atoms with van der Waals surface area (Å²) in [7, 11) is 0.174. The van der Waals surface area contributed by atoms with Gasteiger partial charge in [0.2, 0.25) is 0 Å². The van der Waals surface area contributed by atoms with Crippen molar-refractivity contribution in [3.8, 4) is 0 Å². The van der Waals surface area contributed by atoms with E-state index < -0.39 is 20.5 Å². The number of nitrogens with zero attached hydrogens (tertiary/aromatic N) is 1. The van der Waals surface area contributed by atoms with Crippen molar-refractivity contribution in [2.24, 2.45) is 17.3 Å². The zero-order valence-corrected chi connectivity index (χ0v) is 24.4. The van der Waals surface area contributed by atoms with Gasteiger partial charge in [-0.05, 0) is 55.1 Å². The molecule has 3 aliphatic carbocycles. The van der Waals surface area contributed by atoms with Crippen molar-refractivity contribution < 1.29 is 32.8 Å². The average Bonchev–Trinajstić information content (AvgIpc) is 3.10. The van der Waals surface area contributed by atoms with Crippen molar-refractivity contribution in [2.75, 3.05) is 27.3 Å². The van der Waals surface area contributed by atoms with E-state index >= 15 is 0 Å². The molecule has 4 fully saturated rings. The van der Waals surface area contributed by atoms with Gasteiger partial charge >= 0.3 is 19.2 Å². The van der Waals surface area contributed by atoms with Crippen molar-refractivity contribution in [1.82, 2.24) is 4.90 Å². The number of methoxy groups -OCH3 is 2. The summed E-state index contributed by atoms with van der Waals surface area (Å²) in [6.45, 7) is 18.2. The first-order valence-electron chi connectivity index (χ1n) is 13.0. The Morgan fingerprint density at radius 1 is 1.14 bits per heavy atom. The predicted octanol–water partition coefficient (Wildman–Crippen LogP) is 4.74. The van der Waals surface area contributed by atoms with E-state index in [0.29, 0.717) is 24.7 Å². The smallest absolute Gasteiger partial charge is 0.459 e. The molecule has 1 unspecified atom stereocenters. The zero-order valence-electron chi connectivity index (χ0n) is 23.4. The van der Waals surface area contributed by atoms with Gasteiger partial charge in [0.05, 0.1) is 38.4 Å². The Hall–Kier alpha value is -1.10. The second-order valence-corrected chi connectivity index (χ2v) is 17.6. The lowest BCUT2D eigenvalue weighted by Crippen LogP contribution is -2.65. The maximum atomic E-state index is 12.7. The minimum absolute atomic E-state index is 0.0385. The molecule has 4 rings (SSSR count). The zero-order chi connectivity index (χ0) is 26.4. The molecule has 1 saturated heterocycles. The lowest BCUT2D eigenvalue weighted by Gasteiger charge is -2.64. The van der Waals surface area contributed by atoms with Gasteiger partial charge in [-0.15, -0.1) is 0 Å². The van der Waals surface area contributed by atoms with Gasteiger partial charge in [-0.3, -0.25) is 4.79 Å². The highest BCUT2D eigenvalue weighted by Gasteiger charge is 2.67. The van der Waals surface area contributed by atoms with Gasteiger partial charge in [0.15, 0.2) is 8.32 Å². The van der Waals surface area contributed by atoms with Gasteiger partial charge in [0.25, 0.3) is 0 Å². The second-order valence-electron chi connectivity index (χ2n) is 12.9. The topological polar surface area (TPSA) is 83.5 Å². The fraction of sp³-hybridized carbons (Fsp3) is 0.920.